The van der Waals surface area contributed by atoms with Crippen LogP contribution in [0.15, 0.2) is 16.6 Å². The molecule has 0 aliphatic rings. The van der Waals surface area contributed by atoms with Crippen LogP contribution < -0.4 is 5.32 Å². The molecule has 0 spiro atoms. The molecular weight excluding hydrogens is 283 g/mol. The number of rotatable bonds is 5. The van der Waals surface area contributed by atoms with Crippen molar-refractivity contribution in [1.29, 1.82) is 5.26 Å². The van der Waals surface area contributed by atoms with E-state index < -0.39 is 5.82 Å². The highest BCUT2D eigenvalue weighted by Gasteiger charge is 2.10. The summed E-state index contributed by atoms with van der Waals surface area (Å²) in [5.41, 5.74) is 0.692. The van der Waals surface area contributed by atoms with Crippen molar-refractivity contribution in [3.8, 4) is 18.4 Å². The van der Waals surface area contributed by atoms with E-state index in [4.69, 9.17) is 11.7 Å². The molecule has 0 radical (unpaired) electrons. The molecule has 0 aliphatic heterocycles. The van der Waals surface area contributed by atoms with E-state index in [1.807, 2.05) is 6.07 Å². The fourth-order valence-corrected chi connectivity index (χ4v) is 1.78. The van der Waals surface area contributed by atoms with Crippen LogP contribution in [-0.2, 0) is 0 Å². The molecule has 1 N–H and O–H groups in total. The van der Waals surface area contributed by atoms with E-state index >= 15 is 0 Å². The summed E-state index contributed by atoms with van der Waals surface area (Å²) in [6, 6.07) is 5.06. The largest absolute Gasteiger partial charge is 0.383 e. The maximum absolute atomic E-state index is 13.7. The second kappa shape index (κ2) is 6.93. The third-order valence-electron chi connectivity index (χ3n) is 2.27. The van der Waals surface area contributed by atoms with Gasteiger partial charge in [0.05, 0.1) is 15.7 Å². The Kier molecular flexibility index (Phi) is 5.52. The number of halogens is 2. The first-order valence-corrected chi connectivity index (χ1v) is 6.05. The first kappa shape index (κ1) is 13.5. The highest BCUT2D eigenvalue weighted by atomic mass is 79.9. The molecule has 0 saturated carbocycles. The lowest BCUT2D eigenvalue weighted by Crippen LogP contribution is -2.04. The van der Waals surface area contributed by atoms with Crippen molar-refractivity contribution >= 4 is 21.6 Å². The normalized spacial score (nSPS) is 9.41. The summed E-state index contributed by atoms with van der Waals surface area (Å²) in [5.74, 6) is 2.13. The van der Waals surface area contributed by atoms with Gasteiger partial charge >= 0.3 is 0 Å². The second-order valence-electron chi connectivity index (χ2n) is 3.49. The highest BCUT2D eigenvalue weighted by Crippen LogP contribution is 2.26. The quantitative estimate of drug-likeness (QED) is 0.664. The van der Waals surface area contributed by atoms with Gasteiger partial charge in [0.1, 0.15) is 6.07 Å². The lowest BCUT2D eigenvalue weighted by atomic mass is 10.2. The number of benzene rings is 1. The standard InChI is InChI=1S/C13H12BrFN2/c1-2-3-4-5-8-17-11-7-6-10(9-16)12(14)13(11)15/h1,6-7,17H,3-5,8H2. The summed E-state index contributed by atoms with van der Waals surface area (Å²) in [6.45, 7) is 0.664. The maximum Gasteiger partial charge on any atom is 0.161 e. The van der Waals surface area contributed by atoms with Crippen LogP contribution in [0.3, 0.4) is 0 Å². The van der Waals surface area contributed by atoms with Crippen LogP contribution in [-0.4, -0.2) is 6.54 Å². The van der Waals surface area contributed by atoms with Crippen LogP contribution in [0.25, 0.3) is 0 Å². The molecule has 1 aromatic rings. The summed E-state index contributed by atoms with van der Waals surface area (Å²) < 4.78 is 13.9. The predicted molar refractivity (Wildman–Crippen MR) is 70.0 cm³/mol. The molecule has 0 fully saturated rings. The molecule has 0 bridgehead atoms. The smallest absolute Gasteiger partial charge is 0.161 e. The van der Waals surface area contributed by atoms with Gasteiger partial charge in [-0.3, -0.25) is 0 Å². The van der Waals surface area contributed by atoms with Crippen molar-refractivity contribution in [3.05, 3.63) is 28.0 Å². The number of hydrogen-bond acceptors (Lipinski definition) is 2. The van der Waals surface area contributed by atoms with Gasteiger partial charge in [0.15, 0.2) is 5.82 Å². The average Bonchev–Trinajstić information content (AvgIpc) is 2.34. The zero-order valence-electron chi connectivity index (χ0n) is 9.26. The van der Waals surface area contributed by atoms with Crippen molar-refractivity contribution in [2.45, 2.75) is 19.3 Å². The Labute approximate surface area is 109 Å². The molecule has 0 aromatic heterocycles. The van der Waals surface area contributed by atoms with Crippen LogP contribution in [0.5, 0.6) is 0 Å². The van der Waals surface area contributed by atoms with Gasteiger partial charge in [0.25, 0.3) is 0 Å². The topological polar surface area (TPSA) is 35.8 Å². The van der Waals surface area contributed by atoms with Crippen molar-refractivity contribution in [2.75, 3.05) is 11.9 Å². The summed E-state index contributed by atoms with van der Waals surface area (Å²) >= 11 is 3.06. The molecule has 4 heteroatoms. The Morgan fingerprint density at radius 3 is 2.82 bits per heavy atom. The van der Waals surface area contributed by atoms with Crippen LogP contribution >= 0.6 is 15.9 Å². The molecule has 2 nitrogen and oxygen atoms in total. The van der Waals surface area contributed by atoms with Gasteiger partial charge in [-0.15, -0.1) is 12.3 Å². The van der Waals surface area contributed by atoms with E-state index in [0.29, 0.717) is 17.8 Å². The molecule has 88 valence electrons. The number of hydrogen-bond donors (Lipinski definition) is 1. The Morgan fingerprint density at radius 1 is 1.41 bits per heavy atom. The van der Waals surface area contributed by atoms with E-state index in [1.54, 1.807) is 12.1 Å². The number of nitrogens with one attached hydrogen (secondary N) is 1. The van der Waals surface area contributed by atoms with E-state index in [9.17, 15) is 4.39 Å². The maximum atomic E-state index is 13.7. The van der Waals surface area contributed by atoms with Crippen molar-refractivity contribution < 1.29 is 4.39 Å². The molecule has 0 heterocycles. The highest BCUT2D eigenvalue weighted by molar-refractivity contribution is 9.10. The van der Waals surface area contributed by atoms with Crippen molar-refractivity contribution in [3.63, 3.8) is 0 Å². The van der Waals surface area contributed by atoms with Crippen LogP contribution in [0.2, 0.25) is 0 Å². The monoisotopic (exact) mass is 294 g/mol. The first-order valence-electron chi connectivity index (χ1n) is 5.26. The molecule has 0 unspecified atom stereocenters. The molecule has 0 amide bonds. The minimum Gasteiger partial charge on any atom is -0.383 e. The lowest BCUT2D eigenvalue weighted by Gasteiger charge is -2.08. The number of terminal acetylenes is 1. The SMILES string of the molecule is C#CCCCCNc1ccc(C#N)c(Br)c1F. The van der Waals surface area contributed by atoms with Gasteiger partial charge in [-0.2, -0.15) is 5.26 Å². The molecule has 0 aliphatic carbocycles. The van der Waals surface area contributed by atoms with Gasteiger partial charge in [-0.05, 0) is 40.9 Å². The molecule has 17 heavy (non-hydrogen) atoms. The third-order valence-corrected chi connectivity index (χ3v) is 3.04. The molecular formula is C13H12BrFN2. The summed E-state index contributed by atoms with van der Waals surface area (Å²) in [4.78, 5) is 0. The number of unbranched alkanes of at least 4 members (excludes halogenated alkanes) is 2. The zero-order chi connectivity index (χ0) is 12.7. The number of nitriles is 1. The van der Waals surface area contributed by atoms with E-state index in [-0.39, 0.29) is 4.47 Å². The Balaban J connectivity index is 2.59. The van der Waals surface area contributed by atoms with Gasteiger partial charge in [0, 0.05) is 13.0 Å². The molecule has 0 saturated heterocycles. The second-order valence-corrected chi connectivity index (χ2v) is 4.28. The molecule has 0 atom stereocenters. The van der Waals surface area contributed by atoms with Crippen LogP contribution in [0, 0.1) is 29.5 Å². The molecule has 1 rings (SSSR count). The predicted octanol–water partition coefficient (Wildman–Crippen LogP) is 3.68. The minimum atomic E-state index is -0.430. The minimum absolute atomic E-state index is 0.202. The van der Waals surface area contributed by atoms with Crippen molar-refractivity contribution in [2.24, 2.45) is 0 Å². The van der Waals surface area contributed by atoms with Gasteiger partial charge < -0.3 is 5.32 Å². The van der Waals surface area contributed by atoms with Gasteiger partial charge in [0.2, 0.25) is 0 Å². The van der Waals surface area contributed by atoms with Crippen LogP contribution in [0.1, 0.15) is 24.8 Å². The van der Waals surface area contributed by atoms with E-state index in [1.165, 1.54) is 0 Å². The summed E-state index contributed by atoms with van der Waals surface area (Å²) in [6.07, 6.45) is 7.68. The Morgan fingerprint density at radius 2 is 2.18 bits per heavy atom. The summed E-state index contributed by atoms with van der Waals surface area (Å²) in [5, 5.41) is 11.7. The van der Waals surface area contributed by atoms with E-state index in [2.05, 4.69) is 27.2 Å². The number of nitrogens with zero attached hydrogens (tertiary/aromatic N) is 1. The number of anilines is 1. The summed E-state index contributed by atoms with van der Waals surface area (Å²) in [7, 11) is 0. The van der Waals surface area contributed by atoms with E-state index in [0.717, 1.165) is 19.3 Å². The first-order chi connectivity index (χ1) is 8.20. The van der Waals surface area contributed by atoms with Crippen molar-refractivity contribution in [1.82, 2.24) is 0 Å². The fourth-order valence-electron chi connectivity index (χ4n) is 1.35. The lowest BCUT2D eigenvalue weighted by molar-refractivity contribution is 0.622. The van der Waals surface area contributed by atoms with Gasteiger partial charge in [-0.25, -0.2) is 4.39 Å². The van der Waals surface area contributed by atoms with Gasteiger partial charge in [-0.1, -0.05) is 0 Å². The molecule has 1 aromatic carbocycles. The Hall–Kier alpha value is -1.52. The average molecular weight is 295 g/mol. The third kappa shape index (κ3) is 3.76. The zero-order valence-corrected chi connectivity index (χ0v) is 10.8. The Bertz CT molecular complexity index is 472. The van der Waals surface area contributed by atoms with Crippen LogP contribution in [0.4, 0.5) is 10.1 Å². The fraction of sp³-hybridized carbons (Fsp3) is 0.308.